The van der Waals surface area contributed by atoms with E-state index in [0.29, 0.717) is 19.3 Å². The van der Waals surface area contributed by atoms with Crippen LogP contribution in [0.1, 0.15) is 18.8 Å². The predicted molar refractivity (Wildman–Crippen MR) is 93.5 cm³/mol. The van der Waals surface area contributed by atoms with Crippen molar-refractivity contribution in [2.75, 3.05) is 39.4 Å². The van der Waals surface area contributed by atoms with Gasteiger partial charge in [-0.1, -0.05) is 0 Å². The van der Waals surface area contributed by atoms with Gasteiger partial charge in [-0.2, -0.15) is 0 Å². The Labute approximate surface area is 143 Å². The predicted octanol–water partition coefficient (Wildman–Crippen LogP) is 1.84. The average molecular weight is 330 g/mol. The van der Waals surface area contributed by atoms with Gasteiger partial charge in [0.05, 0.1) is 12.6 Å². The lowest BCUT2D eigenvalue weighted by Gasteiger charge is -2.35. The number of benzene rings is 1. The highest BCUT2D eigenvalue weighted by Crippen LogP contribution is 2.21. The largest absolute Gasteiger partial charge is 0.494 e. The van der Waals surface area contributed by atoms with E-state index in [1.807, 2.05) is 50.6 Å². The first-order valence-electron chi connectivity index (χ1n) is 8.55. The molecule has 1 N–H and O–H groups in total. The number of hydrogen-bond acceptors (Lipinski definition) is 5. The highest BCUT2D eigenvalue weighted by Gasteiger charge is 2.26. The van der Waals surface area contributed by atoms with Crippen LogP contribution in [-0.4, -0.2) is 53.8 Å². The van der Waals surface area contributed by atoms with Crippen LogP contribution in [0.25, 0.3) is 0 Å². The zero-order valence-corrected chi connectivity index (χ0v) is 14.4. The Bertz CT molecular complexity index is 626. The van der Waals surface area contributed by atoms with Crippen molar-refractivity contribution in [1.29, 1.82) is 0 Å². The van der Waals surface area contributed by atoms with Gasteiger partial charge in [-0.25, -0.2) is 4.98 Å². The average Bonchev–Trinajstić information content (AvgIpc) is 3.03. The molecule has 1 fully saturated rings. The lowest BCUT2D eigenvalue weighted by atomic mass is 10.2. The van der Waals surface area contributed by atoms with Crippen LogP contribution in [0.4, 0.5) is 0 Å². The minimum atomic E-state index is 0.294. The molecule has 1 aliphatic heterocycles. The van der Waals surface area contributed by atoms with Crippen LogP contribution >= 0.6 is 0 Å². The molecule has 1 unspecified atom stereocenters. The lowest BCUT2D eigenvalue weighted by molar-refractivity contribution is 0.127. The van der Waals surface area contributed by atoms with Crippen molar-refractivity contribution >= 4 is 0 Å². The number of nitrogens with zero attached hydrogens (tertiary/aromatic N) is 3. The molecule has 130 valence electrons. The molecule has 6 heteroatoms. The first-order chi connectivity index (χ1) is 11.8. The molecule has 1 saturated heterocycles. The Hall–Kier alpha value is -2.05. The van der Waals surface area contributed by atoms with Gasteiger partial charge in [0.15, 0.2) is 0 Å². The van der Waals surface area contributed by atoms with Gasteiger partial charge in [0.2, 0.25) is 0 Å². The maximum atomic E-state index is 5.89. The first-order valence-corrected chi connectivity index (χ1v) is 8.55. The van der Waals surface area contributed by atoms with Crippen molar-refractivity contribution < 1.29 is 9.47 Å². The molecule has 0 bridgehead atoms. The number of rotatable bonds is 7. The van der Waals surface area contributed by atoms with Crippen molar-refractivity contribution in [3.8, 4) is 11.5 Å². The zero-order chi connectivity index (χ0) is 16.8. The van der Waals surface area contributed by atoms with Gasteiger partial charge in [0.25, 0.3) is 0 Å². The standard InChI is InChI=1S/C18H26N4O2/c1-3-23-15-4-6-16(7-5-15)24-13-12-22-11-8-19-14-17(22)18-20-9-10-21(18)2/h4-7,9-10,17,19H,3,8,11-14H2,1-2H3. The number of hydrogen-bond donors (Lipinski definition) is 1. The van der Waals surface area contributed by atoms with Crippen molar-refractivity contribution in [1.82, 2.24) is 19.8 Å². The molecule has 0 radical (unpaired) electrons. The lowest BCUT2D eigenvalue weighted by Crippen LogP contribution is -2.48. The molecule has 0 amide bonds. The van der Waals surface area contributed by atoms with Gasteiger partial charge in [-0.3, -0.25) is 4.90 Å². The minimum Gasteiger partial charge on any atom is -0.494 e. The van der Waals surface area contributed by atoms with E-state index in [1.165, 1.54) is 0 Å². The summed E-state index contributed by atoms with van der Waals surface area (Å²) in [4.78, 5) is 6.95. The number of nitrogens with one attached hydrogen (secondary N) is 1. The van der Waals surface area contributed by atoms with Crippen LogP contribution in [-0.2, 0) is 7.05 Å². The van der Waals surface area contributed by atoms with Gasteiger partial charge in [0.1, 0.15) is 23.9 Å². The summed E-state index contributed by atoms with van der Waals surface area (Å²) in [6.07, 6.45) is 3.86. The van der Waals surface area contributed by atoms with E-state index in [0.717, 1.165) is 43.5 Å². The zero-order valence-electron chi connectivity index (χ0n) is 14.4. The molecule has 1 aromatic carbocycles. The Morgan fingerprint density at radius 2 is 1.96 bits per heavy atom. The Balaban J connectivity index is 1.53. The molecule has 3 rings (SSSR count). The Kier molecular flexibility index (Phi) is 5.72. The fraction of sp³-hybridized carbons (Fsp3) is 0.500. The van der Waals surface area contributed by atoms with E-state index < -0.39 is 0 Å². The van der Waals surface area contributed by atoms with Crippen LogP contribution in [0, 0.1) is 0 Å². The summed E-state index contributed by atoms with van der Waals surface area (Å²) in [7, 11) is 2.05. The number of piperazine rings is 1. The Morgan fingerprint density at radius 3 is 2.62 bits per heavy atom. The first kappa shape index (κ1) is 16.8. The van der Waals surface area contributed by atoms with Crippen LogP contribution in [0.15, 0.2) is 36.7 Å². The normalized spacial score (nSPS) is 18.5. The molecular formula is C18H26N4O2. The van der Waals surface area contributed by atoms with Crippen LogP contribution < -0.4 is 14.8 Å². The molecule has 0 saturated carbocycles. The van der Waals surface area contributed by atoms with Gasteiger partial charge < -0.3 is 19.4 Å². The third-order valence-corrected chi connectivity index (χ3v) is 4.29. The molecule has 2 heterocycles. The van der Waals surface area contributed by atoms with Gasteiger partial charge in [-0.15, -0.1) is 0 Å². The molecule has 24 heavy (non-hydrogen) atoms. The van der Waals surface area contributed by atoms with E-state index >= 15 is 0 Å². The number of aryl methyl sites for hydroxylation is 1. The minimum absolute atomic E-state index is 0.294. The van der Waals surface area contributed by atoms with E-state index in [2.05, 4.69) is 19.8 Å². The third kappa shape index (κ3) is 4.07. The second kappa shape index (κ2) is 8.17. The molecule has 1 atom stereocenters. The Morgan fingerprint density at radius 1 is 1.21 bits per heavy atom. The highest BCUT2D eigenvalue weighted by molar-refractivity contribution is 5.31. The molecule has 0 aliphatic carbocycles. The number of aromatic nitrogens is 2. The summed E-state index contributed by atoms with van der Waals surface area (Å²) in [5, 5.41) is 3.46. The summed E-state index contributed by atoms with van der Waals surface area (Å²) in [5.74, 6) is 2.85. The summed E-state index contributed by atoms with van der Waals surface area (Å²) in [5.41, 5.74) is 0. The molecule has 2 aromatic rings. The maximum Gasteiger partial charge on any atom is 0.127 e. The van der Waals surface area contributed by atoms with Gasteiger partial charge >= 0.3 is 0 Å². The van der Waals surface area contributed by atoms with Crippen molar-refractivity contribution in [3.05, 3.63) is 42.5 Å². The van der Waals surface area contributed by atoms with Gasteiger partial charge in [0, 0.05) is 45.6 Å². The monoisotopic (exact) mass is 330 g/mol. The quantitative estimate of drug-likeness (QED) is 0.840. The fourth-order valence-electron chi connectivity index (χ4n) is 3.05. The third-order valence-electron chi connectivity index (χ3n) is 4.29. The van der Waals surface area contributed by atoms with Gasteiger partial charge in [-0.05, 0) is 31.2 Å². The topological polar surface area (TPSA) is 51.6 Å². The summed E-state index contributed by atoms with van der Waals surface area (Å²) in [6.45, 7) is 7.14. The van der Waals surface area contributed by atoms with E-state index in [4.69, 9.17) is 9.47 Å². The summed E-state index contributed by atoms with van der Waals surface area (Å²) < 4.78 is 13.4. The molecule has 0 spiro atoms. The van der Waals surface area contributed by atoms with E-state index in [9.17, 15) is 0 Å². The van der Waals surface area contributed by atoms with Crippen LogP contribution in [0.3, 0.4) is 0 Å². The second-order valence-electron chi connectivity index (χ2n) is 5.91. The summed E-state index contributed by atoms with van der Waals surface area (Å²) >= 11 is 0. The fourth-order valence-corrected chi connectivity index (χ4v) is 3.05. The SMILES string of the molecule is CCOc1ccc(OCCN2CCNCC2c2nccn2C)cc1. The van der Waals surface area contributed by atoms with Crippen molar-refractivity contribution in [3.63, 3.8) is 0 Å². The number of ether oxygens (including phenoxy) is 2. The van der Waals surface area contributed by atoms with E-state index in [-0.39, 0.29) is 0 Å². The van der Waals surface area contributed by atoms with Crippen LogP contribution in [0.5, 0.6) is 11.5 Å². The molecule has 1 aliphatic rings. The summed E-state index contributed by atoms with van der Waals surface area (Å²) in [6, 6.07) is 8.10. The molecule has 6 nitrogen and oxygen atoms in total. The highest BCUT2D eigenvalue weighted by atomic mass is 16.5. The maximum absolute atomic E-state index is 5.89. The molecular weight excluding hydrogens is 304 g/mol. The van der Waals surface area contributed by atoms with Crippen molar-refractivity contribution in [2.45, 2.75) is 13.0 Å². The smallest absolute Gasteiger partial charge is 0.127 e. The molecule has 1 aromatic heterocycles. The number of imidazole rings is 1. The van der Waals surface area contributed by atoms with Crippen LogP contribution in [0.2, 0.25) is 0 Å². The van der Waals surface area contributed by atoms with Crippen molar-refractivity contribution in [2.24, 2.45) is 7.05 Å². The van der Waals surface area contributed by atoms with E-state index in [1.54, 1.807) is 0 Å². The second-order valence-corrected chi connectivity index (χ2v) is 5.91.